The maximum atomic E-state index is 14.5. The van der Waals surface area contributed by atoms with Gasteiger partial charge in [-0.05, 0) is 106 Å². The van der Waals surface area contributed by atoms with Crippen LogP contribution in [-0.2, 0) is 31.4 Å². The van der Waals surface area contributed by atoms with Crippen LogP contribution in [0.5, 0.6) is 11.5 Å². The highest BCUT2D eigenvalue weighted by atomic mass is 19.1. The first kappa shape index (κ1) is 35.4. The molecule has 1 amide bonds. The normalized spacial score (nSPS) is 19.4. The van der Waals surface area contributed by atoms with Gasteiger partial charge in [-0.25, -0.2) is 4.39 Å². The summed E-state index contributed by atoms with van der Waals surface area (Å²) < 4.78 is 27.9. The molecule has 0 spiro atoms. The molecule has 1 aliphatic carbocycles. The van der Waals surface area contributed by atoms with Crippen LogP contribution in [0.15, 0.2) is 53.0 Å². The number of rotatable bonds is 9. The quantitative estimate of drug-likeness (QED) is 0.207. The Balaban J connectivity index is 1.14. The molecule has 2 aliphatic heterocycles. The van der Waals surface area contributed by atoms with Crippen molar-refractivity contribution in [2.45, 2.75) is 71.3 Å². The fraction of sp³-hybridized carbons (Fsp3) is 0.463. The smallest absolute Gasteiger partial charge is 0.262 e. The molecule has 50 heavy (non-hydrogen) atoms. The molecule has 9 heteroatoms. The highest BCUT2D eigenvalue weighted by Crippen LogP contribution is 2.42. The Morgan fingerprint density at radius 3 is 2.30 bits per heavy atom. The molecule has 1 atom stereocenters. The van der Waals surface area contributed by atoms with Gasteiger partial charge in [-0.3, -0.25) is 19.4 Å². The van der Waals surface area contributed by atoms with E-state index in [0.29, 0.717) is 25.9 Å². The average Bonchev–Trinajstić information content (AvgIpc) is 3.90. The van der Waals surface area contributed by atoms with E-state index in [0.717, 1.165) is 90.4 Å². The van der Waals surface area contributed by atoms with E-state index in [2.05, 4.69) is 46.1 Å². The molecule has 3 heterocycles. The lowest BCUT2D eigenvalue weighted by atomic mass is 9.89. The molecule has 2 fully saturated rings. The molecule has 3 aliphatic rings. The van der Waals surface area contributed by atoms with Gasteiger partial charge in [0.2, 0.25) is 0 Å². The van der Waals surface area contributed by atoms with Crippen molar-refractivity contribution in [3.8, 4) is 35.0 Å². The zero-order chi connectivity index (χ0) is 35.7. The van der Waals surface area contributed by atoms with E-state index >= 15 is 0 Å². The van der Waals surface area contributed by atoms with E-state index in [4.69, 9.17) is 15.9 Å². The second-order valence-electron chi connectivity index (χ2n) is 14.1. The van der Waals surface area contributed by atoms with Gasteiger partial charge in [0.25, 0.3) is 11.5 Å². The standard InChI is InChI=1S/C41H49FN4O4/c1-8-30(23-41(42)14-15-41)40(48)46-18-13-34-31(11-9-12-33(34)29(46)4)24-44-16-10-17-45(20-19-44)26-36-37(49-6)21-32(22-38(36)50-7)35-25-43(5)39(47)28(3)27(35)2/h1,9,11-12,21-23,25,29H,10,13-20,24,26H2,2-7H3/b30-23+. The number of fused-ring (bicyclic) bond motifs is 1. The third kappa shape index (κ3) is 7.10. The van der Waals surface area contributed by atoms with Gasteiger partial charge in [0.1, 0.15) is 17.2 Å². The Bertz CT molecular complexity index is 1900. The number of hydrogen-bond donors (Lipinski definition) is 0. The summed E-state index contributed by atoms with van der Waals surface area (Å²) in [6.45, 7) is 11.8. The molecule has 0 bridgehead atoms. The summed E-state index contributed by atoms with van der Waals surface area (Å²) in [4.78, 5) is 32.7. The topological polar surface area (TPSA) is 67.3 Å². The third-order valence-corrected chi connectivity index (χ3v) is 10.9. The maximum absolute atomic E-state index is 14.5. The predicted molar refractivity (Wildman–Crippen MR) is 195 cm³/mol. The monoisotopic (exact) mass is 680 g/mol. The van der Waals surface area contributed by atoms with Gasteiger partial charge in [-0.15, -0.1) is 6.42 Å². The molecular formula is C41H49FN4O4. The van der Waals surface area contributed by atoms with Crippen molar-refractivity contribution in [3.63, 3.8) is 0 Å². The number of pyridine rings is 1. The van der Waals surface area contributed by atoms with Crippen LogP contribution in [0, 0.1) is 26.2 Å². The maximum Gasteiger partial charge on any atom is 0.262 e. The minimum absolute atomic E-state index is 0.00592. The first-order chi connectivity index (χ1) is 24.0. The number of aromatic nitrogens is 1. The number of methoxy groups -OCH3 is 2. The van der Waals surface area contributed by atoms with E-state index in [1.54, 1.807) is 30.7 Å². The molecule has 3 aromatic rings. The number of amides is 1. The average molecular weight is 681 g/mol. The first-order valence-corrected chi connectivity index (χ1v) is 17.6. The Morgan fingerprint density at radius 1 is 1.02 bits per heavy atom. The number of nitrogens with zero attached hydrogens (tertiary/aromatic N) is 4. The first-order valence-electron chi connectivity index (χ1n) is 17.6. The summed E-state index contributed by atoms with van der Waals surface area (Å²) in [5.74, 6) is 3.74. The summed E-state index contributed by atoms with van der Waals surface area (Å²) in [7, 11) is 5.17. The van der Waals surface area contributed by atoms with Gasteiger partial charge >= 0.3 is 0 Å². The van der Waals surface area contributed by atoms with Gasteiger partial charge < -0.3 is 18.9 Å². The van der Waals surface area contributed by atoms with E-state index in [9.17, 15) is 14.0 Å². The van der Waals surface area contributed by atoms with Crippen LogP contribution in [0.2, 0.25) is 0 Å². The molecule has 0 radical (unpaired) electrons. The van der Waals surface area contributed by atoms with E-state index in [1.165, 1.54) is 17.2 Å². The summed E-state index contributed by atoms with van der Waals surface area (Å²) in [5.41, 5.74) is 7.09. The van der Waals surface area contributed by atoms with E-state index in [1.807, 2.05) is 27.0 Å². The fourth-order valence-corrected chi connectivity index (χ4v) is 7.58. The molecule has 2 aromatic carbocycles. The Kier molecular flexibility index (Phi) is 10.2. The number of terminal acetylenes is 1. The molecule has 6 rings (SSSR count). The third-order valence-electron chi connectivity index (χ3n) is 10.9. The molecular weight excluding hydrogens is 631 g/mol. The van der Waals surface area contributed by atoms with Gasteiger partial charge in [0, 0.05) is 57.1 Å². The lowest BCUT2D eigenvalue weighted by molar-refractivity contribution is -0.129. The summed E-state index contributed by atoms with van der Waals surface area (Å²) in [6.07, 6.45) is 11.5. The van der Waals surface area contributed by atoms with Crippen molar-refractivity contribution in [1.29, 1.82) is 0 Å². The molecule has 8 nitrogen and oxygen atoms in total. The minimum Gasteiger partial charge on any atom is -0.496 e. The number of allylic oxidation sites excluding steroid dienone is 1. The number of benzene rings is 2. The van der Waals surface area contributed by atoms with Crippen LogP contribution in [-0.4, -0.2) is 77.8 Å². The number of ether oxygens (including phenoxy) is 2. The zero-order valence-corrected chi connectivity index (χ0v) is 30.3. The highest BCUT2D eigenvalue weighted by Gasteiger charge is 2.42. The van der Waals surface area contributed by atoms with Crippen LogP contribution >= 0.6 is 0 Å². The minimum atomic E-state index is -1.42. The van der Waals surface area contributed by atoms with Crippen molar-refractivity contribution in [2.24, 2.45) is 7.05 Å². The number of hydrogen-bond acceptors (Lipinski definition) is 6. The van der Waals surface area contributed by atoms with Gasteiger partial charge in [-0.1, -0.05) is 24.1 Å². The van der Waals surface area contributed by atoms with Crippen molar-refractivity contribution in [3.05, 3.63) is 91.9 Å². The molecule has 0 N–H and O–H groups in total. The Hall–Kier alpha value is -4.39. The van der Waals surface area contributed by atoms with E-state index < -0.39 is 5.67 Å². The summed E-state index contributed by atoms with van der Waals surface area (Å²) >= 11 is 0. The second kappa shape index (κ2) is 14.5. The van der Waals surface area contributed by atoms with Crippen molar-refractivity contribution in [1.82, 2.24) is 19.3 Å². The van der Waals surface area contributed by atoms with E-state index in [-0.39, 0.29) is 23.1 Å². The molecule has 1 saturated heterocycles. The number of alkyl halides is 1. The molecule has 1 aromatic heterocycles. The van der Waals surface area contributed by atoms with Crippen molar-refractivity contribution in [2.75, 3.05) is 46.9 Å². The Morgan fingerprint density at radius 2 is 1.68 bits per heavy atom. The van der Waals surface area contributed by atoms with Crippen LogP contribution in [0.1, 0.15) is 65.6 Å². The number of halogens is 1. The van der Waals surface area contributed by atoms with Crippen molar-refractivity contribution < 1.29 is 18.7 Å². The lowest BCUT2D eigenvalue weighted by Crippen LogP contribution is -2.40. The van der Waals surface area contributed by atoms with Gasteiger partial charge in [0.05, 0.1) is 31.4 Å². The second-order valence-corrected chi connectivity index (χ2v) is 14.1. The zero-order valence-electron chi connectivity index (χ0n) is 30.3. The number of aryl methyl sites for hydroxylation is 1. The van der Waals surface area contributed by atoms with Crippen LogP contribution in [0.4, 0.5) is 4.39 Å². The van der Waals surface area contributed by atoms with Gasteiger partial charge in [0.15, 0.2) is 0 Å². The fourth-order valence-electron chi connectivity index (χ4n) is 7.58. The van der Waals surface area contributed by atoms with Crippen LogP contribution < -0.4 is 15.0 Å². The SMILES string of the molecule is C#C/C(=C\C1(F)CC1)C(=O)N1CCc2c(CN3CCCN(Cc4c(OC)cc(-c5cn(C)c(=O)c(C)c5C)cc4OC)CC3)cccc2C1C. The summed E-state index contributed by atoms with van der Waals surface area (Å²) in [6, 6.07) is 10.4. The molecule has 264 valence electrons. The highest BCUT2D eigenvalue weighted by molar-refractivity contribution is 5.98. The van der Waals surface area contributed by atoms with Crippen molar-refractivity contribution >= 4 is 5.91 Å². The summed E-state index contributed by atoms with van der Waals surface area (Å²) in [5, 5.41) is 0. The molecule has 1 unspecified atom stereocenters. The van der Waals surface area contributed by atoms with Crippen LogP contribution in [0.25, 0.3) is 11.1 Å². The number of carbonyl (C=O) groups excluding carboxylic acids is 1. The Labute approximate surface area is 295 Å². The van der Waals surface area contributed by atoms with Crippen LogP contribution in [0.3, 0.4) is 0 Å². The predicted octanol–water partition coefficient (Wildman–Crippen LogP) is 5.90. The van der Waals surface area contributed by atoms with Gasteiger partial charge in [-0.2, -0.15) is 0 Å². The largest absolute Gasteiger partial charge is 0.496 e. The lowest BCUT2D eigenvalue weighted by Gasteiger charge is -2.37. The number of carbonyl (C=O) groups is 1. The molecule has 1 saturated carbocycles.